The number of hydrogen-bond acceptors (Lipinski definition) is 7. The number of benzene rings is 1. The Kier molecular flexibility index (Phi) is 10.3. The number of aliphatic hydroxyl groups excluding tert-OH is 2. The van der Waals surface area contributed by atoms with E-state index in [0.29, 0.717) is 36.3 Å². The number of rotatable bonds is 9. The number of aliphatic hydroxyl groups is 2. The van der Waals surface area contributed by atoms with Crippen LogP contribution in [0.15, 0.2) is 24.3 Å². The molecule has 2 bridgehead atoms. The quantitative estimate of drug-likeness (QED) is 0.313. The van der Waals surface area contributed by atoms with Gasteiger partial charge in [0.25, 0.3) is 0 Å². The molecule has 0 radical (unpaired) electrons. The van der Waals surface area contributed by atoms with Crippen LogP contribution in [0.2, 0.25) is 0 Å². The van der Waals surface area contributed by atoms with Gasteiger partial charge in [-0.1, -0.05) is 64.0 Å². The molecule has 9 heteroatoms. The topological polar surface area (TPSA) is 114 Å². The number of hydroxylamine groups is 2. The summed E-state index contributed by atoms with van der Waals surface area (Å²) < 4.78 is 0. The zero-order valence-electron chi connectivity index (χ0n) is 28.0. The van der Waals surface area contributed by atoms with Crippen molar-refractivity contribution in [1.29, 1.82) is 0 Å². The molecule has 1 heterocycles. The van der Waals surface area contributed by atoms with E-state index in [-0.39, 0.29) is 24.5 Å². The third kappa shape index (κ3) is 7.26. The number of likely N-dealkylation sites (N-methyl/N-ethyl adjacent to an activating group) is 1. The summed E-state index contributed by atoms with van der Waals surface area (Å²) in [4.78, 5) is 34.7. The van der Waals surface area contributed by atoms with Crippen LogP contribution >= 0.6 is 0 Å². The van der Waals surface area contributed by atoms with Gasteiger partial charge in [0.1, 0.15) is 17.7 Å². The molecule has 4 aliphatic carbocycles. The van der Waals surface area contributed by atoms with Crippen molar-refractivity contribution in [1.82, 2.24) is 20.6 Å². The first-order chi connectivity index (χ1) is 21.3. The molecule has 1 saturated heterocycles. The molecule has 1 aliphatic heterocycles. The van der Waals surface area contributed by atoms with Gasteiger partial charge in [0, 0.05) is 17.5 Å². The van der Waals surface area contributed by atoms with Gasteiger partial charge in [0.15, 0.2) is 0 Å². The maximum absolute atomic E-state index is 14.0. The Bertz CT molecular complexity index is 1280. The molecule has 2 amide bonds. The van der Waals surface area contributed by atoms with Crippen LogP contribution in [0.5, 0.6) is 0 Å². The number of hydrogen-bond donors (Lipinski definition) is 4. The number of nitrogens with one attached hydrogen (secondary N) is 2. The van der Waals surface area contributed by atoms with Gasteiger partial charge < -0.3 is 25.7 Å². The molecule has 0 aromatic heterocycles. The Balaban J connectivity index is 1.33. The minimum absolute atomic E-state index is 0.0186. The second-order valence-corrected chi connectivity index (χ2v) is 15.1. The molecule has 1 aromatic carbocycles. The van der Waals surface area contributed by atoms with Gasteiger partial charge in [-0.05, 0) is 87.6 Å². The highest BCUT2D eigenvalue weighted by molar-refractivity contribution is 5.83. The van der Waals surface area contributed by atoms with Crippen LogP contribution in [-0.4, -0.2) is 89.1 Å². The average Bonchev–Trinajstić information content (AvgIpc) is 3.35. The third-order valence-corrected chi connectivity index (χ3v) is 11.3. The van der Waals surface area contributed by atoms with Crippen molar-refractivity contribution in [2.75, 3.05) is 27.2 Å². The molecule has 6 rings (SSSR count). The molecular formula is C36H54N4O5. The van der Waals surface area contributed by atoms with Crippen LogP contribution in [0.4, 0.5) is 0 Å². The molecule has 1 aromatic rings. The fourth-order valence-corrected chi connectivity index (χ4v) is 8.63. The molecule has 4 N–H and O–H groups in total. The lowest BCUT2D eigenvalue weighted by molar-refractivity contribution is -0.183. The van der Waals surface area contributed by atoms with Gasteiger partial charge in [-0.2, -0.15) is 5.06 Å². The maximum atomic E-state index is 14.0. The lowest BCUT2D eigenvalue weighted by Gasteiger charge is -2.62. The van der Waals surface area contributed by atoms with Crippen LogP contribution in [0.25, 0.3) is 0 Å². The molecule has 4 saturated carbocycles. The first kappa shape index (κ1) is 33.9. The summed E-state index contributed by atoms with van der Waals surface area (Å²) >= 11 is 0. The molecule has 45 heavy (non-hydrogen) atoms. The first-order valence-corrected chi connectivity index (χ1v) is 16.9. The van der Waals surface area contributed by atoms with Crippen molar-refractivity contribution in [2.24, 2.45) is 29.1 Å². The molecule has 5 aliphatic rings. The standard InChI is InChI=1S/C36H54N4O5/c1-23-28-18-27(35(28,3)4)19-29(23)37-34(44)33-32(24(2)42)30(22-41)45-40(33)20-26-12-10-11-25(17-26)13-16-36(14-8-7-9-15-36)38-31(43)21-39(5)6/h10-12,17,23-24,27-30,32-33,41-42H,7-9,14-15,18-22H2,1-6H3,(H,37,44)(H,38,43)/t23?,24-,27+,28-,29?,30?,32+,33-/m0/s1. The van der Waals surface area contributed by atoms with Crippen molar-refractivity contribution in [3.05, 3.63) is 35.4 Å². The van der Waals surface area contributed by atoms with Crippen molar-refractivity contribution in [3.8, 4) is 11.8 Å². The van der Waals surface area contributed by atoms with E-state index in [9.17, 15) is 19.8 Å². The monoisotopic (exact) mass is 622 g/mol. The van der Waals surface area contributed by atoms with Crippen molar-refractivity contribution < 1.29 is 24.6 Å². The Labute approximate surface area is 269 Å². The highest BCUT2D eigenvalue weighted by Crippen LogP contribution is 2.61. The average molecular weight is 623 g/mol. The summed E-state index contributed by atoms with van der Waals surface area (Å²) in [5.41, 5.74) is 1.51. The van der Waals surface area contributed by atoms with E-state index in [1.165, 1.54) is 6.42 Å². The van der Waals surface area contributed by atoms with Crippen LogP contribution in [0.1, 0.15) is 83.8 Å². The summed E-state index contributed by atoms with van der Waals surface area (Å²) in [5, 5.41) is 29.1. The van der Waals surface area contributed by atoms with E-state index in [0.717, 1.165) is 49.7 Å². The summed E-state index contributed by atoms with van der Waals surface area (Å²) in [6.07, 6.45) is 5.54. The third-order valence-electron chi connectivity index (χ3n) is 11.3. The second-order valence-electron chi connectivity index (χ2n) is 15.1. The highest BCUT2D eigenvalue weighted by Gasteiger charge is 2.57. The Morgan fingerprint density at radius 3 is 2.53 bits per heavy atom. The number of carbonyl (C=O) groups is 2. The van der Waals surface area contributed by atoms with Crippen molar-refractivity contribution in [3.63, 3.8) is 0 Å². The largest absolute Gasteiger partial charge is 0.394 e. The highest BCUT2D eigenvalue weighted by atomic mass is 16.7. The van der Waals surface area contributed by atoms with Gasteiger partial charge in [-0.3, -0.25) is 14.4 Å². The van der Waals surface area contributed by atoms with E-state index >= 15 is 0 Å². The molecule has 0 spiro atoms. The fourth-order valence-electron chi connectivity index (χ4n) is 8.63. The summed E-state index contributed by atoms with van der Waals surface area (Å²) in [5.74, 6) is 7.59. The van der Waals surface area contributed by atoms with E-state index in [1.54, 1.807) is 12.0 Å². The molecule has 3 unspecified atom stereocenters. The fraction of sp³-hybridized carbons (Fsp3) is 0.722. The zero-order valence-corrected chi connectivity index (χ0v) is 28.0. The number of carbonyl (C=O) groups excluding carboxylic acids is 2. The molecular weight excluding hydrogens is 568 g/mol. The van der Waals surface area contributed by atoms with Gasteiger partial charge in [-0.25, -0.2) is 0 Å². The molecule has 5 fully saturated rings. The van der Waals surface area contributed by atoms with Crippen LogP contribution in [0.3, 0.4) is 0 Å². The van der Waals surface area contributed by atoms with Crippen LogP contribution in [0, 0.1) is 40.9 Å². The minimum Gasteiger partial charge on any atom is -0.394 e. The maximum Gasteiger partial charge on any atom is 0.240 e. The van der Waals surface area contributed by atoms with E-state index in [1.807, 2.05) is 43.3 Å². The normalized spacial score (nSPS) is 32.6. The van der Waals surface area contributed by atoms with Crippen molar-refractivity contribution >= 4 is 11.8 Å². The number of nitrogens with zero attached hydrogens (tertiary/aromatic N) is 2. The Morgan fingerprint density at radius 2 is 1.91 bits per heavy atom. The van der Waals surface area contributed by atoms with E-state index in [2.05, 4.69) is 43.2 Å². The van der Waals surface area contributed by atoms with Gasteiger partial charge in [0.2, 0.25) is 11.8 Å². The Morgan fingerprint density at radius 1 is 1.18 bits per heavy atom. The Hall–Kier alpha value is -2.48. The summed E-state index contributed by atoms with van der Waals surface area (Å²) in [6.45, 7) is 8.93. The minimum atomic E-state index is -0.842. The second kappa shape index (κ2) is 13.7. The predicted octanol–water partition coefficient (Wildman–Crippen LogP) is 3.08. The molecule has 248 valence electrons. The zero-order chi connectivity index (χ0) is 32.5. The predicted molar refractivity (Wildman–Crippen MR) is 173 cm³/mol. The van der Waals surface area contributed by atoms with Gasteiger partial charge >= 0.3 is 0 Å². The van der Waals surface area contributed by atoms with Gasteiger partial charge in [-0.15, -0.1) is 0 Å². The lowest BCUT2D eigenvalue weighted by Crippen LogP contribution is -2.62. The number of amides is 2. The van der Waals surface area contributed by atoms with E-state index in [4.69, 9.17) is 4.84 Å². The lowest BCUT2D eigenvalue weighted by atomic mass is 9.45. The molecule has 8 atom stereocenters. The van der Waals surface area contributed by atoms with Crippen LogP contribution in [-0.2, 0) is 21.0 Å². The molecule has 9 nitrogen and oxygen atoms in total. The van der Waals surface area contributed by atoms with Gasteiger partial charge in [0.05, 0.1) is 25.8 Å². The number of fused-ring (bicyclic) bond motifs is 2. The van der Waals surface area contributed by atoms with E-state index < -0.39 is 29.7 Å². The SMILES string of the molecule is CC1C(NC(=O)[C@@H]2[C@H]([C@H](C)O)C(CO)ON2Cc2cccc(C#CC3(NC(=O)CN(C)C)CCCCC3)c2)C[C@H]2C[C@@H]1C2(C)C. The van der Waals surface area contributed by atoms with Crippen molar-refractivity contribution in [2.45, 2.75) is 109 Å². The smallest absolute Gasteiger partial charge is 0.240 e. The summed E-state index contributed by atoms with van der Waals surface area (Å²) in [6, 6.07) is 7.20. The van der Waals surface area contributed by atoms with Crippen LogP contribution < -0.4 is 10.6 Å². The summed E-state index contributed by atoms with van der Waals surface area (Å²) in [7, 11) is 3.77. The first-order valence-electron chi connectivity index (χ1n) is 16.9.